The zero-order valence-electron chi connectivity index (χ0n) is 18.5. The number of nitrogens with one attached hydrogen (secondary N) is 3. The van der Waals surface area contributed by atoms with Crippen LogP contribution in [-0.2, 0) is 20.8 Å². The summed E-state index contributed by atoms with van der Waals surface area (Å²) in [6.45, 7) is 7.34. The Kier molecular flexibility index (Phi) is 7.10. The van der Waals surface area contributed by atoms with E-state index in [0.717, 1.165) is 11.1 Å². The molecule has 2 aromatic carbocycles. The van der Waals surface area contributed by atoms with Gasteiger partial charge in [0.25, 0.3) is 0 Å². The molecule has 1 aliphatic carbocycles. The molecule has 0 bridgehead atoms. The smallest absolute Gasteiger partial charge is 0.247 e. The van der Waals surface area contributed by atoms with Crippen LogP contribution in [0.1, 0.15) is 56.5 Å². The van der Waals surface area contributed by atoms with Crippen LogP contribution in [0.5, 0.6) is 0 Å². The number of carbonyl (C=O) groups excluding carboxylic acids is 3. The van der Waals surface area contributed by atoms with Crippen LogP contribution in [0.4, 0.5) is 0 Å². The maximum atomic E-state index is 13.2. The van der Waals surface area contributed by atoms with E-state index in [4.69, 9.17) is 0 Å². The van der Waals surface area contributed by atoms with Crippen LogP contribution in [-0.4, -0.2) is 23.8 Å². The minimum Gasteiger partial charge on any atom is -0.349 e. The lowest BCUT2D eigenvalue weighted by Crippen LogP contribution is -2.49. The lowest BCUT2D eigenvalue weighted by atomic mass is 9.96. The number of rotatable bonds is 7. The number of carbonyl (C=O) groups is 3. The van der Waals surface area contributed by atoms with E-state index in [1.54, 1.807) is 0 Å². The molecule has 0 saturated heterocycles. The van der Waals surface area contributed by atoms with Gasteiger partial charge in [0.1, 0.15) is 6.04 Å². The van der Waals surface area contributed by atoms with Gasteiger partial charge < -0.3 is 16.0 Å². The zero-order valence-corrected chi connectivity index (χ0v) is 18.5. The Morgan fingerprint density at radius 1 is 0.871 bits per heavy atom. The van der Waals surface area contributed by atoms with E-state index in [1.165, 1.54) is 6.92 Å². The molecule has 2 unspecified atom stereocenters. The van der Waals surface area contributed by atoms with Crippen LogP contribution >= 0.6 is 0 Å². The van der Waals surface area contributed by atoms with Crippen LogP contribution in [0.25, 0.3) is 0 Å². The number of benzene rings is 2. The number of hydrogen-bond donors (Lipinski definition) is 3. The molecule has 4 atom stereocenters. The maximum Gasteiger partial charge on any atom is 0.247 e. The van der Waals surface area contributed by atoms with E-state index >= 15 is 0 Å². The van der Waals surface area contributed by atoms with E-state index in [1.807, 2.05) is 75.4 Å². The quantitative estimate of drug-likeness (QED) is 0.642. The van der Waals surface area contributed by atoms with Crippen molar-refractivity contribution in [3.8, 4) is 0 Å². The fourth-order valence-corrected chi connectivity index (χ4v) is 3.91. The van der Waals surface area contributed by atoms with Crippen molar-refractivity contribution >= 4 is 17.7 Å². The molecule has 2 aromatic rings. The Labute approximate surface area is 183 Å². The number of fused-ring (bicyclic) bond motifs is 1. The molecule has 164 valence electrons. The van der Waals surface area contributed by atoms with Crippen molar-refractivity contribution in [2.24, 2.45) is 11.8 Å². The minimum absolute atomic E-state index is 0.0302. The van der Waals surface area contributed by atoms with Gasteiger partial charge >= 0.3 is 0 Å². The third-order valence-electron chi connectivity index (χ3n) is 6.01. The average Bonchev–Trinajstić information content (AvgIpc) is 3.08. The highest BCUT2D eigenvalue weighted by Crippen LogP contribution is 2.32. The van der Waals surface area contributed by atoms with Crippen molar-refractivity contribution in [3.63, 3.8) is 0 Å². The van der Waals surface area contributed by atoms with E-state index in [2.05, 4.69) is 16.0 Å². The van der Waals surface area contributed by atoms with Crippen molar-refractivity contribution in [3.05, 3.63) is 71.3 Å². The van der Waals surface area contributed by atoms with Gasteiger partial charge in [-0.15, -0.1) is 0 Å². The summed E-state index contributed by atoms with van der Waals surface area (Å²) >= 11 is 0. The molecule has 31 heavy (non-hydrogen) atoms. The van der Waals surface area contributed by atoms with Gasteiger partial charge in [0.2, 0.25) is 17.7 Å². The summed E-state index contributed by atoms with van der Waals surface area (Å²) in [4.78, 5) is 37.8. The van der Waals surface area contributed by atoms with E-state index < -0.39 is 6.04 Å². The van der Waals surface area contributed by atoms with Gasteiger partial charge in [0.15, 0.2) is 0 Å². The summed E-state index contributed by atoms with van der Waals surface area (Å²) in [6, 6.07) is 15.7. The van der Waals surface area contributed by atoms with Gasteiger partial charge in [-0.2, -0.15) is 0 Å². The predicted molar refractivity (Wildman–Crippen MR) is 120 cm³/mol. The lowest BCUT2D eigenvalue weighted by molar-refractivity contribution is -0.129. The molecule has 0 spiro atoms. The second-order valence-corrected chi connectivity index (χ2v) is 8.58. The summed E-state index contributed by atoms with van der Waals surface area (Å²) in [5.74, 6) is -0.533. The van der Waals surface area contributed by atoms with Gasteiger partial charge in [0.05, 0.1) is 12.1 Å². The first-order valence-electron chi connectivity index (χ1n) is 10.8. The van der Waals surface area contributed by atoms with Gasteiger partial charge in [-0.1, -0.05) is 75.4 Å². The molecule has 1 aliphatic rings. The van der Waals surface area contributed by atoms with Gasteiger partial charge in [-0.3, -0.25) is 14.4 Å². The number of hydrogen-bond acceptors (Lipinski definition) is 3. The van der Waals surface area contributed by atoms with Crippen molar-refractivity contribution < 1.29 is 14.4 Å². The lowest BCUT2D eigenvalue weighted by Gasteiger charge is -2.27. The normalized spacial score (nSPS) is 19.3. The Morgan fingerprint density at radius 2 is 1.52 bits per heavy atom. The third kappa shape index (κ3) is 5.32. The third-order valence-corrected chi connectivity index (χ3v) is 6.01. The van der Waals surface area contributed by atoms with Crippen LogP contribution in [0.2, 0.25) is 0 Å². The molecule has 0 aromatic heterocycles. The van der Waals surface area contributed by atoms with Crippen molar-refractivity contribution in [1.29, 1.82) is 0 Å². The molecule has 0 aliphatic heterocycles. The first-order chi connectivity index (χ1) is 14.8. The van der Waals surface area contributed by atoms with Gasteiger partial charge in [0, 0.05) is 12.8 Å². The molecule has 0 radical (unpaired) electrons. The molecule has 3 rings (SSSR count). The molecule has 0 fully saturated rings. The highest BCUT2D eigenvalue weighted by molar-refractivity contribution is 5.88. The minimum atomic E-state index is -0.798. The van der Waals surface area contributed by atoms with Crippen LogP contribution in [0.3, 0.4) is 0 Å². The van der Waals surface area contributed by atoms with Gasteiger partial charge in [-0.05, 0) is 29.0 Å². The molecular formula is C25H31N3O3. The Hall–Kier alpha value is -3.15. The van der Waals surface area contributed by atoms with Crippen LogP contribution in [0.15, 0.2) is 54.6 Å². The molecule has 3 amide bonds. The topological polar surface area (TPSA) is 87.3 Å². The highest BCUT2D eigenvalue weighted by Gasteiger charge is 2.36. The fourth-order valence-electron chi connectivity index (χ4n) is 3.91. The summed E-state index contributed by atoms with van der Waals surface area (Å²) in [6.07, 6.45) is 0.616. The Balaban J connectivity index is 1.83. The monoisotopic (exact) mass is 421 g/mol. The van der Waals surface area contributed by atoms with E-state index in [9.17, 15) is 14.4 Å². The Morgan fingerprint density at radius 3 is 2.16 bits per heavy atom. The summed E-state index contributed by atoms with van der Waals surface area (Å²) < 4.78 is 0. The standard InChI is InChI=1S/C25H31N3O3/c1-15(2)16(3)24(30)28-23-20-13-9-8-12-19(20)14-21(23)27-25(31)22(26-17(4)29)18-10-6-5-7-11-18/h5-13,15-16,21-23H,14H2,1-4H3,(H,26,29)(H,27,31)(H,28,30)/t16?,21-,22?,23-/m1/s1. The molecular weight excluding hydrogens is 390 g/mol. The van der Waals surface area contributed by atoms with Crippen molar-refractivity contribution in [2.45, 2.75) is 52.2 Å². The Bertz CT molecular complexity index is 942. The fraction of sp³-hybridized carbons (Fsp3) is 0.400. The van der Waals surface area contributed by atoms with E-state index in [0.29, 0.717) is 12.0 Å². The second-order valence-electron chi connectivity index (χ2n) is 8.58. The van der Waals surface area contributed by atoms with E-state index in [-0.39, 0.29) is 41.6 Å². The molecule has 0 heterocycles. The molecule has 6 heteroatoms. The molecule has 3 N–H and O–H groups in total. The SMILES string of the molecule is CC(=O)NC(C(=O)N[C@@H]1Cc2ccccc2[C@H]1NC(=O)C(C)C(C)C)c1ccccc1. The second kappa shape index (κ2) is 9.77. The largest absolute Gasteiger partial charge is 0.349 e. The van der Waals surface area contributed by atoms with Crippen molar-refractivity contribution in [1.82, 2.24) is 16.0 Å². The molecule has 0 saturated carbocycles. The van der Waals surface area contributed by atoms with Crippen molar-refractivity contribution in [2.75, 3.05) is 0 Å². The molecule has 6 nitrogen and oxygen atoms in total. The predicted octanol–water partition coefficient (Wildman–Crippen LogP) is 3.05. The van der Waals surface area contributed by atoms with Crippen LogP contribution in [0, 0.1) is 11.8 Å². The maximum absolute atomic E-state index is 13.2. The van der Waals surface area contributed by atoms with Crippen LogP contribution < -0.4 is 16.0 Å². The zero-order chi connectivity index (χ0) is 22.5. The number of amides is 3. The first-order valence-corrected chi connectivity index (χ1v) is 10.8. The highest BCUT2D eigenvalue weighted by atomic mass is 16.2. The summed E-state index contributed by atoms with van der Waals surface area (Å²) in [5.41, 5.74) is 2.83. The summed E-state index contributed by atoms with van der Waals surface area (Å²) in [7, 11) is 0. The average molecular weight is 422 g/mol. The van der Waals surface area contributed by atoms with Gasteiger partial charge in [-0.25, -0.2) is 0 Å². The summed E-state index contributed by atoms with van der Waals surface area (Å²) in [5, 5.41) is 8.98. The first kappa shape index (κ1) is 22.5.